The lowest BCUT2D eigenvalue weighted by Gasteiger charge is -2.39. The van der Waals surface area contributed by atoms with Crippen LogP contribution in [0.3, 0.4) is 0 Å². The Balaban J connectivity index is 1.63. The number of halogens is 1. The molecular weight excluding hydrogens is 421 g/mol. The van der Waals surface area contributed by atoms with Crippen LogP contribution in [0, 0.1) is 5.82 Å². The Hall–Kier alpha value is -3.61. The molecule has 0 saturated carbocycles. The zero-order valence-electron chi connectivity index (χ0n) is 19.1. The lowest BCUT2D eigenvalue weighted by atomic mass is 9.99. The van der Waals surface area contributed by atoms with Crippen molar-refractivity contribution in [2.45, 2.75) is 32.5 Å². The summed E-state index contributed by atoms with van der Waals surface area (Å²) in [6.07, 6.45) is 2.02. The van der Waals surface area contributed by atoms with E-state index in [9.17, 15) is 14.0 Å². The first-order valence-electron chi connectivity index (χ1n) is 11.0. The third-order valence-corrected chi connectivity index (χ3v) is 6.05. The van der Waals surface area contributed by atoms with Crippen LogP contribution in [-0.4, -0.2) is 52.4 Å². The van der Waals surface area contributed by atoms with Gasteiger partial charge in [0.15, 0.2) is 0 Å². The zero-order valence-corrected chi connectivity index (χ0v) is 19.1. The van der Waals surface area contributed by atoms with Gasteiger partial charge in [-0.3, -0.25) is 9.59 Å². The Morgan fingerprint density at radius 2 is 1.85 bits per heavy atom. The van der Waals surface area contributed by atoms with Crippen molar-refractivity contribution in [1.29, 1.82) is 0 Å². The summed E-state index contributed by atoms with van der Waals surface area (Å²) in [5, 5.41) is 0. The van der Waals surface area contributed by atoms with Gasteiger partial charge >= 0.3 is 0 Å². The molecule has 172 valence electrons. The van der Waals surface area contributed by atoms with Gasteiger partial charge in [-0.1, -0.05) is 12.1 Å². The van der Waals surface area contributed by atoms with Gasteiger partial charge in [0.25, 0.3) is 5.91 Å². The number of carbonyl (C=O) groups is 2. The fourth-order valence-corrected chi connectivity index (χ4v) is 4.30. The fourth-order valence-electron chi connectivity index (χ4n) is 4.30. The van der Waals surface area contributed by atoms with Crippen LogP contribution in [0.2, 0.25) is 0 Å². The minimum atomic E-state index is -0.406. The van der Waals surface area contributed by atoms with Gasteiger partial charge < -0.3 is 19.1 Å². The van der Waals surface area contributed by atoms with Crippen molar-refractivity contribution >= 4 is 11.8 Å². The second kappa shape index (κ2) is 9.48. The molecule has 2 aromatic carbocycles. The highest BCUT2D eigenvalue weighted by atomic mass is 19.1. The molecule has 0 saturated heterocycles. The van der Waals surface area contributed by atoms with Crippen molar-refractivity contribution in [3.63, 3.8) is 0 Å². The second-order valence-corrected chi connectivity index (χ2v) is 8.43. The van der Waals surface area contributed by atoms with Gasteiger partial charge in [0.05, 0.1) is 13.2 Å². The lowest BCUT2D eigenvalue weighted by Crippen LogP contribution is -2.49. The number of ether oxygens (including phenoxy) is 1. The number of hydrogen-bond acceptors (Lipinski definition) is 3. The highest BCUT2D eigenvalue weighted by Crippen LogP contribution is 2.34. The van der Waals surface area contributed by atoms with E-state index in [1.54, 1.807) is 7.11 Å². The van der Waals surface area contributed by atoms with Gasteiger partial charge in [0, 0.05) is 36.6 Å². The van der Waals surface area contributed by atoms with E-state index in [1.807, 2.05) is 61.3 Å². The molecule has 6 nitrogen and oxygen atoms in total. The number of rotatable bonds is 6. The van der Waals surface area contributed by atoms with Gasteiger partial charge in [-0.05, 0) is 67.9 Å². The summed E-state index contributed by atoms with van der Waals surface area (Å²) in [5.74, 6) is -0.119. The molecule has 1 atom stereocenters. The Bertz CT molecular complexity index is 1140. The average molecular weight is 450 g/mol. The standard InChI is InChI=1S/C26H28FN3O3/c1-18(2)30(26(32)19-9-11-21(27)12-10-19)17-24(31)29-15-14-28-13-5-8-23(28)25(29)20-6-4-7-22(16-20)33-3/h4-13,16,18,25H,14-15,17H2,1-3H3. The predicted molar refractivity (Wildman–Crippen MR) is 124 cm³/mol. The first-order valence-corrected chi connectivity index (χ1v) is 11.0. The van der Waals surface area contributed by atoms with E-state index in [0.717, 1.165) is 17.0 Å². The first-order chi connectivity index (χ1) is 15.9. The van der Waals surface area contributed by atoms with Crippen molar-refractivity contribution in [2.24, 2.45) is 0 Å². The van der Waals surface area contributed by atoms with Crippen LogP contribution in [-0.2, 0) is 11.3 Å². The first kappa shape index (κ1) is 22.6. The quantitative estimate of drug-likeness (QED) is 0.569. The number of nitrogens with zero attached hydrogens (tertiary/aromatic N) is 3. The van der Waals surface area contributed by atoms with E-state index < -0.39 is 5.82 Å². The maximum Gasteiger partial charge on any atom is 0.254 e. The molecule has 1 unspecified atom stereocenters. The molecule has 0 radical (unpaired) electrons. The van der Waals surface area contributed by atoms with E-state index in [1.165, 1.54) is 29.2 Å². The molecule has 1 aliphatic heterocycles. The van der Waals surface area contributed by atoms with E-state index in [2.05, 4.69) is 4.57 Å². The lowest BCUT2D eigenvalue weighted by molar-refractivity contribution is -0.135. The smallest absolute Gasteiger partial charge is 0.254 e. The minimum absolute atomic E-state index is 0.0605. The largest absolute Gasteiger partial charge is 0.497 e. The van der Waals surface area contributed by atoms with E-state index in [-0.39, 0.29) is 30.4 Å². The molecule has 2 heterocycles. The normalized spacial score (nSPS) is 15.3. The summed E-state index contributed by atoms with van der Waals surface area (Å²) in [5.41, 5.74) is 2.32. The van der Waals surface area contributed by atoms with Crippen LogP contribution in [0.5, 0.6) is 5.75 Å². The SMILES string of the molecule is COc1cccc(C2c3cccn3CCN2C(=O)CN(C(=O)c2ccc(F)cc2)C(C)C)c1. The molecule has 7 heteroatoms. The maximum atomic E-state index is 13.6. The number of carbonyl (C=O) groups excluding carboxylic acids is 2. The van der Waals surface area contributed by atoms with Crippen LogP contribution < -0.4 is 4.74 Å². The van der Waals surface area contributed by atoms with Gasteiger partial charge in [-0.2, -0.15) is 0 Å². The molecule has 4 rings (SSSR count). The Kier molecular flexibility index (Phi) is 6.49. The molecule has 0 aliphatic carbocycles. The van der Waals surface area contributed by atoms with Gasteiger partial charge in [-0.15, -0.1) is 0 Å². The highest BCUT2D eigenvalue weighted by Gasteiger charge is 2.34. The fraction of sp³-hybridized carbons (Fsp3) is 0.308. The average Bonchev–Trinajstić information content (AvgIpc) is 3.30. The molecule has 2 amide bonds. The molecule has 0 bridgehead atoms. The van der Waals surface area contributed by atoms with Crippen molar-refractivity contribution in [2.75, 3.05) is 20.2 Å². The van der Waals surface area contributed by atoms with E-state index in [0.29, 0.717) is 18.7 Å². The summed E-state index contributed by atoms with van der Waals surface area (Å²) in [6.45, 7) is 4.89. The number of aromatic nitrogens is 1. The van der Waals surface area contributed by atoms with Crippen LogP contribution in [0.25, 0.3) is 0 Å². The van der Waals surface area contributed by atoms with Crippen LogP contribution in [0.1, 0.15) is 41.5 Å². The third kappa shape index (κ3) is 4.62. The molecule has 1 aromatic heterocycles. The van der Waals surface area contributed by atoms with Crippen LogP contribution in [0.4, 0.5) is 4.39 Å². The molecule has 3 aromatic rings. The van der Waals surface area contributed by atoms with Crippen LogP contribution in [0.15, 0.2) is 66.9 Å². The number of fused-ring (bicyclic) bond motifs is 1. The topological polar surface area (TPSA) is 54.8 Å². The molecular formula is C26H28FN3O3. The molecule has 0 fully saturated rings. The minimum Gasteiger partial charge on any atom is -0.497 e. The van der Waals surface area contributed by atoms with E-state index >= 15 is 0 Å². The van der Waals surface area contributed by atoms with Crippen molar-refractivity contribution in [3.05, 3.63) is 89.5 Å². The van der Waals surface area contributed by atoms with Gasteiger partial charge in [0.1, 0.15) is 18.1 Å². The summed E-state index contributed by atoms with van der Waals surface area (Å²) >= 11 is 0. The molecule has 1 aliphatic rings. The number of hydrogen-bond donors (Lipinski definition) is 0. The van der Waals surface area contributed by atoms with Crippen molar-refractivity contribution < 1.29 is 18.7 Å². The summed E-state index contributed by atoms with van der Waals surface area (Å²) in [6, 6.07) is 16.6. The predicted octanol–water partition coefficient (Wildman–Crippen LogP) is 4.12. The monoisotopic (exact) mass is 449 g/mol. The van der Waals surface area contributed by atoms with Crippen molar-refractivity contribution in [3.8, 4) is 5.75 Å². The summed E-state index contributed by atoms with van der Waals surface area (Å²) < 4.78 is 20.9. The Labute approximate surface area is 193 Å². The third-order valence-electron chi connectivity index (χ3n) is 6.05. The summed E-state index contributed by atoms with van der Waals surface area (Å²) in [7, 11) is 1.62. The number of amides is 2. The highest BCUT2D eigenvalue weighted by molar-refractivity contribution is 5.96. The van der Waals surface area contributed by atoms with Crippen molar-refractivity contribution in [1.82, 2.24) is 14.4 Å². The van der Waals surface area contributed by atoms with E-state index in [4.69, 9.17) is 4.74 Å². The molecule has 33 heavy (non-hydrogen) atoms. The zero-order chi connectivity index (χ0) is 23.5. The van der Waals surface area contributed by atoms with Gasteiger partial charge in [0.2, 0.25) is 5.91 Å². The second-order valence-electron chi connectivity index (χ2n) is 8.43. The molecule has 0 spiro atoms. The number of methoxy groups -OCH3 is 1. The molecule has 0 N–H and O–H groups in total. The Morgan fingerprint density at radius 1 is 1.09 bits per heavy atom. The Morgan fingerprint density at radius 3 is 2.55 bits per heavy atom. The van der Waals surface area contributed by atoms with Gasteiger partial charge in [-0.25, -0.2) is 4.39 Å². The maximum absolute atomic E-state index is 13.6. The summed E-state index contributed by atoms with van der Waals surface area (Å²) in [4.78, 5) is 30.1. The van der Waals surface area contributed by atoms with Crippen LogP contribution >= 0.6 is 0 Å². The number of benzene rings is 2.